The molecule has 3 N–H and O–H groups in total. The van der Waals surface area contributed by atoms with Crippen LogP contribution in [0.15, 0.2) is 48.5 Å². The molecule has 0 bridgehead atoms. The first-order chi connectivity index (χ1) is 10.9. The zero-order valence-corrected chi connectivity index (χ0v) is 13.8. The lowest BCUT2D eigenvalue weighted by molar-refractivity contribution is 0.262. The SMILES string of the molecule is CCc1ccc(NC(=O)Nc2ccc(NS(C)(=O)=O)cc2)cc1. The molecule has 0 aliphatic rings. The molecule has 2 aromatic rings. The molecule has 0 radical (unpaired) electrons. The Hall–Kier alpha value is -2.54. The number of benzene rings is 2. The summed E-state index contributed by atoms with van der Waals surface area (Å²) < 4.78 is 24.6. The monoisotopic (exact) mass is 333 g/mol. The number of rotatable bonds is 5. The molecule has 2 amide bonds. The van der Waals surface area contributed by atoms with Gasteiger partial charge in [0.2, 0.25) is 10.0 Å². The summed E-state index contributed by atoms with van der Waals surface area (Å²) >= 11 is 0. The fourth-order valence-electron chi connectivity index (χ4n) is 1.95. The number of urea groups is 1. The summed E-state index contributed by atoms with van der Waals surface area (Å²) in [4.78, 5) is 11.9. The van der Waals surface area contributed by atoms with Gasteiger partial charge in [0.15, 0.2) is 0 Å². The molecule has 0 aliphatic heterocycles. The first-order valence-corrected chi connectivity index (χ1v) is 8.99. The second kappa shape index (κ2) is 7.15. The molecule has 0 saturated heterocycles. The number of hydrogen-bond acceptors (Lipinski definition) is 3. The molecule has 0 heterocycles. The number of anilines is 3. The van der Waals surface area contributed by atoms with E-state index in [1.807, 2.05) is 24.3 Å². The number of carbonyl (C=O) groups excluding carboxylic acids is 1. The average molecular weight is 333 g/mol. The van der Waals surface area contributed by atoms with E-state index in [-0.39, 0.29) is 6.03 Å². The van der Waals surface area contributed by atoms with Gasteiger partial charge in [0, 0.05) is 17.1 Å². The van der Waals surface area contributed by atoms with E-state index < -0.39 is 10.0 Å². The van der Waals surface area contributed by atoms with Crippen LogP contribution < -0.4 is 15.4 Å². The van der Waals surface area contributed by atoms with E-state index in [1.165, 1.54) is 5.56 Å². The molecule has 0 aliphatic carbocycles. The van der Waals surface area contributed by atoms with Crippen LogP contribution in [-0.4, -0.2) is 20.7 Å². The summed E-state index contributed by atoms with van der Waals surface area (Å²) in [5.41, 5.74) is 2.90. The molecular formula is C16H19N3O3S. The quantitative estimate of drug-likeness (QED) is 0.785. The molecule has 0 saturated carbocycles. The molecule has 0 fully saturated rings. The van der Waals surface area contributed by atoms with Crippen molar-refractivity contribution in [3.05, 3.63) is 54.1 Å². The fraction of sp³-hybridized carbons (Fsp3) is 0.188. The lowest BCUT2D eigenvalue weighted by atomic mass is 10.1. The van der Waals surface area contributed by atoms with Crippen LogP contribution in [0.25, 0.3) is 0 Å². The van der Waals surface area contributed by atoms with E-state index in [4.69, 9.17) is 0 Å². The highest BCUT2D eigenvalue weighted by Crippen LogP contribution is 2.15. The third-order valence-electron chi connectivity index (χ3n) is 3.07. The molecule has 122 valence electrons. The Kier molecular flexibility index (Phi) is 5.23. The molecule has 2 rings (SSSR count). The maximum absolute atomic E-state index is 11.9. The smallest absolute Gasteiger partial charge is 0.308 e. The van der Waals surface area contributed by atoms with Gasteiger partial charge >= 0.3 is 6.03 Å². The first kappa shape index (κ1) is 16.8. The number of aryl methyl sites for hydroxylation is 1. The minimum atomic E-state index is -3.31. The predicted molar refractivity (Wildman–Crippen MR) is 93.4 cm³/mol. The lowest BCUT2D eigenvalue weighted by Gasteiger charge is -2.09. The van der Waals surface area contributed by atoms with Crippen molar-refractivity contribution in [1.29, 1.82) is 0 Å². The minimum absolute atomic E-state index is 0.363. The average Bonchev–Trinajstić information content (AvgIpc) is 2.48. The standard InChI is InChI=1S/C16H19N3O3S/c1-3-12-4-6-13(7-5-12)17-16(20)18-14-8-10-15(11-9-14)19-23(2,21)22/h4-11,19H,3H2,1-2H3,(H2,17,18,20). The van der Waals surface area contributed by atoms with Crippen molar-refractivity contribution in [2.24, 2.45) is 0 Å². The van der Waals surface area contributed by atoms with Gasteiger partial charge in [-0.3, -0.25) is 4.72 Å². The maximum atomic E-state index is 11.9. The van der Waals surface area contributed by atoms with E-state index in [0.717, 1.165) is 12.7 Å². The summed E-state index contributed by atoms with van der Waals surface area (Å²) in [6, 6.07) is 13.6. The predicted octanol–water partition coefficient (Wildman–Crippen LogP) is 3.26. The van der Waals surface area contributed by atoms with E-state index in [9.17, 15) is 13.2 Å². The van der Waals surface area contributed by atoms with Crippen LogP contribution in [0.5, 0.6) is 0 Å². The van der Waals surface area contributed by atoms with Crippen molar-refractivity contribution in [1.82, 2.24) is 0 Å². The zero-order chi connectivity index (χ0) is 16.9. The topological polar surface area (TPSA) is 87.3 Å². The Balaban J connectivity index is 1.94. The zero-order valence-electron chi connectivity index (χ0n) is 13.0. The summed E-state index contributed by atoms with van der Waals surface area (Å²) in [5.74, 6) is 0. The molecule has 0 spiro atoms. The van der Waals surface area contributed by atoms with Crippen molar-refractivity contribution >= 4 is 33.1 Å². The summed E-state index contributed by atoms with van der Waals surface area (Å²) in [7, 11) is -3.31. The van der Waals surface area contributed by atoms with Gasteiger partial charge in [-0.25, -0.2) is 13.2 Å². The second-order valence-corrected chi connectivity index (χ2v) is 6.83. The Morgan fingerprint density at radius 2 is 1.30 bits per heavy atom. The van der Waals surface area contributed by atoms with Crippen molar-refractivity contribution in [2.45, 2.75) is 13.3 Å². The number of carbonyl (C=O) groups is 1. The number of nitrogens with one attached hydrogen (secondary N) is 3. The largest absolute Gasteiger partial charge is 0.323 e. The van der Waals surface area contributed by atoms with Gasteiger partial charge < -0.3 is 10.6 Å². The van der Waals surface area contributed by atoms with Gasteiger partial charge in [-0.2, -0.15) is 0 Å². The molecule has 23 heavy (non-hydrogen) atoms. The van der Waals surface area contributed by atoms with Gasteiger partial charge in [0.05, 0.1) is 6.26 Å². The Bertz CT molecular complexity index is 769. The minimum Gasteiger partial charge on any atom is -0.308 e. The van der Waals surface area contributed by atoms with Gasteiger partial charge in [-0.05, 0) is 48.4 Å². The first-order valence-electron chi connectivity index (χ1n) is 7.10. The van der Waals surface area contributed by atoms with Crippen LogP contribution in [0.1, 0.15) is 12.5 Å². The van der Waals surface area contributed by atoms with Crippen LogP contribution in [0.2, 0.25) is 0 Å². The van der Waals surface area contributed by atoms with Gasteiger partial charge in [0.25, 0.3) is 0 Å². The lowest BCUT2D eigenvalue weighted by Crippen LogP contribution is -2.19. The van der Waals surface area contributed by atoms with Crippen molar-refractivity contribution in [3.63, 3.8) is 0 Å². The Morgan fingerprint density at radius 3 is 1.74 bits per heavy atom. The van der Waals surface area contributed by atoms with E-state index in [2.05, 4.69) is 22.3 Å². The number of hydrogen-bond donors (Lipinski definition) is 3. The van der Waals surface area contributed by atoms with Gasteiger partial charge in [-0.15, -0.1) is 0 Å². The summed E-state index contributed by atoms with van der Waals surface area (Å²) in [5, 5.41) is 5.41. The maximum Gasteiger partial charge on any atom is 0.323 e. The van der Waals surface area contributed by atoms with Crippen LogP contribution in [-0.2, 0) is 16.4 Å². The van der Waals surface area contributed by atoms with E-state index in [0.29, 0.717) is 17.1 Å². The van der Waals surface area contributed by atoms with E-state index in [1.54, 1.807) is 24.3 Å². The summed E-state index contributed by atoms with van der Waals surface area (Å²) in [6.45, 7) is 2.07. The highest BCUT2D eigenvalue weighted by atomic mass is 32.2. The van der Waals surface area contributed by atoms with Crippen LogP contribution in [0.3, 0.4) is 0 Å². The number of sulfonamides is 1. The highest BCUT2D eigenvalue weighted by Gasteiger charge is 2.04. The third kappa shape index (κ3) is 5.63. The molecule has 7 heteroatoms. The Morgan fingerprint density at radius 1 is 0.870 bits per heavy atom. The molecule has 0 aromatic heterocycles. The second-order valence-electron chi connectivity index (χ2n) is 5.08. The van der Waals surface area contributed by atoms with Gasteiger partial charge in [-0.1, -0.05) is 19.1 Å². The van der Waals surface area contributed by atoms with Crippen molar-refractivity contribution < 1.29 is 13.2 Å². The van der Waals surface area contributed by atoms with E-state index >= 15 is 0 Å². The van der Waals surface area contributed by atoms with Crippen LogP contribution >= 0.6 is 0 Å². The molecule has 0 unspecified atom stereocenters. The summed E-state index contributed by atoms with van der Waals surface area (Å²) in [6.07, 6.45) is 2.02. The van der Waals surface area contributed by atoms with Crippen molar-refractivity contribution in [2.75, 3.05) is 21.6 Å². The molecule has 0 atom stereocenters. The van der Waals surface area contributed by atoms with Crippen LogP contribution in [0, 0.1) is 0 Å². The fourth-order valence-corrected chi connectivity index (χ4v) is 2.52. The third-order valence-corrected chi connectivity index (χ3v) is 3.67. The van der Waals surface area contributed by atoms with Crippen LogP contribution in [0.4, 0.5) is 21.9 Å². The normalized spacial score (nSPS) is 10.9. The Labute approximate surface area is 136 Å². The van der Waals surface area contributed by atoms with Gasteiger partial charge in [0.1, 0.15) is 0 Å². The highest BCUT2D eigenvalue weighted by molar-refractivity contribution is 7.92. The van der Waals surface area contributed by atoms with Crippen molar-refractivity contribution in [3.8, 4) is 0 Å². The number of amides is 2. The molecule has 6 nitrogen and oxygen atoms in total. The molecule has 2 aromatic carbocycles. The molecular weight excluding hydrogens is 314 g/mol.